The van der Waals surface area contributed by atoms with Crippen molar-refractivity contribution in [3.05, 3.63) is 93.9 Å². The summed E-state index contributed by atoms with van der Waals surface area (Å²) in [5.74, 6) is 0.429. The molecule has 1 N–H and O–H groups in total. The molecule has 2 aromatic carbocycles. The first-order chi connectivity index (χ1) is 12.6. The summed E-state index contributed by atoms with van der Waals surface area (Å²) in [5, 5.41) is 13.7. The zero-order chi connectivity index (χ0) is 18.4. The van der Waals surface area contributed by atoms with E-state index in [2.05, 4.69) is 5.32 Å². The summed E-state index contributed by atoms with van der Waals surface area (Å²) in [5.41, 5.74) is 1.20. The van der Waals surface area contributed by atoms with Gasteiger partial charge in [0.05, 0.1) is 11.2 Å². The molecule has 0 fully saturated rings. The predicted octanol–water partition coefficient (Wildman–Crippen LogP) is 4.41. The number of thioether (sulfide) groups is 1. The minimum atomic E-state index is -0.462. The van der Waals surface area contributed by atoms with Crippen molar-refractivity contribution in [2.45, 2.75) is 17.2 Å². The molecule has 0 aliphatic rings. The summed E-state index contributed by atoms with van der Waals surface area (Å²) in [6.07, 6.45) is 1.47. The average Bonchev–Trinajstić information content (AvgIpc) is 3.14. The zero-order valence-electron chi connectivity index (χ0n) is 13.8. The fourth-order valence-corrected chi connectivity index (χ4v) is 3.32. The molecule has 6 nitrogen and oxygen atoms in total. The van der Waals surface area contributed by atoms with Crippen molar-refractivity contribution in [1.82, 2.24) is 5.32 Å². The van der Waals surface area contributed by atoms with Gasteiger partial charge in [0.2, 0.25) is 0 Å². The minimum Gasteiger partial charge on any atom is -0.459 e. The lowest BCUT2D eigenvalue weighted by atomic mass is 10.2. The first-order valence-electron chi connectivity index (χ1n) is 7.90. The average molecular weight is 368 g/mol. The van der Waals surface area contributed by atoms with Crippen molar-refractivity contribution in [3.63, 3.8) is 0 Å². The van der Waals surface area contributed by atoms with Gasteiger partial charge >= 0.3 is 0 Å². The molecule has 0 atom stereocenters. The molecule has 132 valence electrons. The van der Waals surface area contributed by atoms with Crippen molar-refractivity contribution in [3.8, 4) is 0 Å². The van der Waals surface area contributed by atoms with E-state index in [4.69, 9.17) is 4.42 Å². The highest BCUT2D eigenvalue weighted by atomic mass is 32.2. The maximum absolute atomic E-state index is 12.4. The second kappa shape index (κ2) is 8.35. The molecular weight excluding hydrogens is 352 g/mol. The second-order valence-corrected chi connectivity index (χ2v) is 6.49. The second-order valence-electron chi connectivity index (χ2n) is 5.45. The molecule has 0 radical (unpaired) electrons. The lowest BCUT2D eigenvalue weighted by Gasteiger charge is -2.06. The molecule has 0 unspecified atom stereocenters. The molecule has 0 aliphatic heterocycles. The van der Waals surface area contributed by atoms with Gasteiger partial charge in [0.1, 0.15) is 0 Å². The van der Waals surface area contributed by atoms with Gasteiger partial charge in [0, 0.05) is 34.4 Å². The molecular formula is C19H16N2O4S. The van der Waals surface area contributed by atoms with Crippen LogP contribution in [0, 0.1) is 10.1 Å². The fraction of sp³-hybridized carbons (Fsp3) is 0.105. The van der Waals surface area contributed by atoms with E-state index in [0.29, 0.717) is 11.3 Å². The van der Waals surface area contributed by atoms with Gasteiger partial charge in [-0.1, -0.05) is 36.4 Å². The Labute approximate surface area is 154 Å². The van der Waals surface area contributed by atoms with Crippen LogP contribution in [0.25, 0.3) is 0 Å². The first kappa shape index (κ1) is 17.8. The molecule has 26 heavy (non-hydrogen) atoms. The van der Waals surface area contributed by atoms with Crippen molar-refractivity contribution in [1.29, 1.82) is 0 Å². The van der Waals surface area contributed by atoms with E-state index in [1.54, 1.807) is 36.0 Å². The summed E-state index contributed by atoms with van der Waals surface area (Å²) >= 11 is 1.60. The number of hydrogen-bond acceptors (Lipinski definition) is 5. The summed E-state index contributed by atoms with van der Waals surface area (Å²) in [7, 11) is 0. The van der Waals surface area contributed by atoms with Crippen molar-refractivity contribution >= 4 is 23.4 Å². The molecule has 0 saturated carbocycles. The van der Waals surface area contributed by atoms with Crippen LogP contribution in [0.15, 0.2) is 76.2 Å². The summed E-state index contributed by atoms with van der Waals surface area (Å²) < 4.78 is 5.32. The standard InChI is InChI=1S/C19H16N2O4S/c22-19(20-12-14-6-4-5-9-17(14)21(23)24)18-15(10-11-25-18)13-26-16-7-2-1-3-8-16/h1-11H,12-13H2,(H,20,22). The molecule has 0 bridgehead atoms. The van der Waals surface area contributed by atoms with Gasteiger partial charge in [-0.2, -0.15) is 0 Å². The largest absolute Gasteiger partial charge is 0.459 e. The Kier molecular flexibility index (Phi) is 5.70. The van der Waals surface area contributed by atoms with Gasteiger partial charge in [0.25, 0.3) is 11.6 Å². The number of nitrogens with one attached hydrogen (secondary N) is 1. The summed E-state index contributed by atoms with van der Waals surface area (Å²) in [6, 6.07) is 17.9. The highest BCUT2D eigenvalue weighted by Crippen LogP contribution is 2.25. The molecule has 0 spiro atoms. The molecule has 1 aromatic heterocycles. The normalized spacial score (nSPS) is 10.5. The van der Waals surface area contributed by atoms with Crippen LogP contribution in [0.4, 0.5) is 5.69 Å². The van der Waals surface area contributed by atoms with Crippen LogP contribution in [0.2, 0.25) is 0 Å². The number of furan rings is 1. The number of carbonyl (C=O) groups is 1. The van der Waals surface area contributed by atoms with Crippen LogP contribution in [0.5, 0.6) is 0 Å². The minimum absolute atomic E-state index is 0.0212. The maximum Gasteiger partial charge on any atom is 0.287 e. The lowest BCUT2D eigenvalue weighted by molar-refractivity contribution is -0.385. The Morgan fingerprint density at radius 2 is 1.77 bits per heavy atom. The number of rotatable bonds is 7. The Hall–Kier alpha value is -3.06. The molecule has 3 aromatic rings. The molecule has 3 rings (SSSR count). The quantitative estimate of drug-likeness (QED) is 0.379. The first-order valence-corrected chi connectivity index (χ1v) is 8.88. The molecule has 7 heteroatoms. The van der Waals surface area contributed by atoms with Gasteiger partial charge in [-0.05, 0) is 18.2 Å². The summed E-state index contributed by atoms with van der Waals surface area (Å²) in [6.45, 7) is 0.0575. The number of amides is 1. The van der Waals surface area contributed by atoms with E-state index in [1.165, 1.54) is 12.3 Å². The van der Waals surface area contributed by atoms with Crippen molar-refractivity contribution in [2.24, 2.45) is 0 Å². The fourth-order valence-electron chi connectivity index (χ4n) is 2.42. The predicted molar refractivity (Wildman–Crippen MR) is 99.0 cm³/mol. The van der Waals surface area contributed by atoms with Gasteiger partial charge in [-0.25, -0.2) is 0 Å². The number of para-hydroxylation sites is 1. The lowest BCUT2D eigenvalue weighted by Crippen LogP contribution is -2.23. The highest BCUT2D eigenvalue weighted by molar-refractivity contribution is 7.98. The van der Waals surface area contributed by atoms with Crippen LogP contribution in [0.3, 0.4) is 0 Å². The summed E-state index contributed by atoms with van der Waals surface area (Å²) in [4.78, 5) is 24.1. The van der Waals surface area contributed by atoms with Crippen LogP contribution < -0.4 is 5.32 Å². The van der Waals surface area contributed by atoms with Gasteiger partial charge in [-0.15, -0.1) is 11.8 Å². The van der Waals surface area contributed by atoms with E-state index in [1.807, 2.05) is 30.3 Å². The Morgan fingerprint density at radius 1 is 1.04 bits per heavy atom. The molecule has 0 aliphatic carbocycles. The van der Waals surface area contributed by atoms with Crippen molar-refractivity contribution in [2.75, 3.05) is 0 Å². The Balaban J connectivity index is 1.64. The molecule has 0 saturated heterocycles. The van der Waals surface area contributed by atoms with E-state index in [0.717, 1.165) is 10.5 Å². The van der Waals surface area contributed by atoms with E-state index >= 15 is 0 Å². The van der Waals surface area contributed by atoms with Gasteiger partial charge < -0.3 is 9.73 Å². The van der Waals surface area contributed by atoms with Crippen LogP contribution in [-0.4, -0.2) is 10.8 Å². The number of nitrogens with zero attached hydrogens (tertiary/aromatic N) is 1. The smallest absolute Gasteiger partial charge is 0.287 e. The number of benzene rings is 2. The topological polar surface area (TPSA) is 85.4 Å². The number of hydrogen-bond donors (Lipinski definition) is 1. The third-order valence-electron chi connectivity index (χ3n) is 3.72. The third-order valence-corrected chi connectivity index (χ3v) is 4.78. The zero-order valence-corrected chi connectivity index (χ0v) is 14.6. The Morgan fingerprint density at radius 3 is 2.54 bits per heavy atom. The van der Waals surface area contributed by atoms with E-state index in [-0.39, 0.29) is 18.0 Å². The molecule has 1 amide bonds. The SMILES string of the molecule is O=C(NCc1ccccc1[N+](=O)[O-])c1occc1CSc1ccccc1. The Bertz CT molecular complexity index is 909. The molecule has 1 heterocycles. The van der Waals surface area contributed by atoms with Crippen LogP contribution in [0.1, 0.15) is 21.7 Å². The monoisotopic (exact) mass is 368 g/mol. The number of carbonyl (C=O) groups excluding carboxylic acids is 1. The number of nitro groups is 1. The highest BCUT2D eigenvalue weighted by Gasteiger charge is 2.18. The van der Waals surface area contributed by atoms with Crippen LogP contribution in [-0.2, 0) is 12.3 Å². The van der Waals surface area contributed by atoms with E-state index in [9.17, 15) is 14.9 Å². The van der Waals surface area contributed by atoms with Gasteiger partial charge in [-0.3, -0.25) is 14.9 Å². The van der Waals surface area contributed by atoms with E-state index < -0.39 is 10.8 Å². The van der Waals surface area contributed by atoms with Crippen molar-refractivity contribution < 1.29 is 14.1 Å². The maximum atomic E-state index is 12.4. The number of nitro benzene ring substituents is 1. The van der Waals surface area contributed by atoms with Crippen LogP contribution >= 0.6 is 11.8 Å². The van der Waals surface area contributed by atoms with Gasteiger partial charge in [0.15, 0.2) is 5.76 Å². The third kappa shape index (κ3) is 4.31.